The summed E-state index contributed by atoms with van der Waals surface area (Å²) in [5, 5.41) is 13.1. The van der Waals surface area contributed by atoms with Crippen molar-refractivity contribution in [1.82, 2.24) is 16.1 Å². The highest BCUT2D eigenvalue weighted by Gasteiger charge is 2.48. The number of alkyl halides is 2. The van der Waals surface area contributed by atoms with Crippen molar-refractivity contribution in [1.29, 1.82) is 0 Å². The van der Waals surface area contributed by atoms with Gasteiger partial charge >= 0.3 is 0 Å². The lowest BCUT2D eigenvalue weighted by atomic mass is 9.91. The molecule has 8 nitrogen and oxygen atoms in total. The van der Waals surface area contributed by atoms with Gasteiger partial charge in [0.1, 0.15) is 17.3 Å². The quantitative estimate of drug-likeness (QED) is 0.287. The number of halogens is 2. The number of ether oxygens (including phenoxy) is 1. The number of para-hydroxylation sites is 1. The minimum Gasteiger partial charge on any atom is -0.495 e. The number of amides is 3. The van der Waals surface area contributed by atoms with Crippen LogP contribution in [-0.4, -0.2) is 48.0 Å². The zero-order valence-electron chi connectivity index (χ0n) is 18.1. The number of benzene rings is 2. The highest BCUT2D eigenvalue weighted by atomic mass is 19.3. The van der Waals surface area contributed by atoms with Crippen molar-refractivity contribution in [2.75, 3.05) is 7.11 Å². The fourth-order valence-corrected chi connectivity index (χ4v) is 2.99. The largest absolute Gasteiger partial charge is 0.495 e. The van der Waals surface area contributed by atoms with Crippen LogP contribution in [0.5, 0.6) is 5.75 Å². The number of rotatable bonds is 7. The molecule has 10 heteroatoms. The Labute approximate surface area is 189 Å². The predicted molar refractivity (Wildman–Crippen MR) is 115 cm³/mol. The average molecular weight is 459 g/mol. The molecule has 4 N–H and O–H groups in total. The Bertz CT molecular complexity index is 1080. The van der Waals surface area contributed by atoms with Crippen molar-refractivity contribution in [2.24, 2.45) is 0 Å². The lowest BCUT2D eigenvalue weighted by molar-refractivity contribution is -0.137. The molecule has 0 saturated heterocycles. The standard InChI is InChI=1S/C23H23F2N3O5/c1-14(29)27-23(2,22(24)25)19(21(31)28-32)26-20(30)17-12-9-15(10-13-17)8-11-16-6-4-5-7-18(16)33-3/h4-7,9-10,12-13,19,22,32H,1-3H3,(H,26,30)(H,27,29)(H,28,31)/t19-,23?/m1/s1. The minimum atomic E-state index is -3.24. The van der Waals surface area contributed by atoms with E-state index in [0.29, 0.717) is 16.9 Å². The number of nitrogens with one attached hydrogen (secondary N) is 3. The van der Waals surface area contributed by atoms with E-state index in [2.05, 4.69) is 17.2 Å². The highest BCUT2D eigenvalue weighted by Crippen LogP contribution is 2.21. The van der Waals surface area contributed by atoms with Crippen LogP contribution in [0.25, 0.3) is 0 Å². The molecule has 1 unspecified atom stereocenters. The van der Waals surface area contributed by atoms with E-state index in [1.54, 1.807) is 24.3 Å². The summed E-state index contributed by atoms with van der Waals surface area (Å²) in [5.41, 5.74) is 0.0487. The molecule has 2 rings (SSSR count). The Hall–Kier alpha value is -3.97. The second kappa shape index (κ2) is 11.1. The van der Waals surface area contributed by atoms with Gasteiger partial charge in [0.15, 0.2) is 0 Å². The van der Waals surface area contributed by atoms with E-state index in [0.717, 1.165) is 13.8 Å². The summed E-state index contributed by atoms with van der Waals surface area (Å²) in [6, 6.07) is 11.1. The zero-order valence-corrected chi connectivity index (χ0v) is 18.1. The van der Waals surface area contributed by atoms with E-state index in [-0.39, 0.29) is 5.56 Å². The van der Waals surface area contributed by atoms with Crippen LogP contribution in [-0.2, 0) is 9.59 Å². The fourth-order valence-electron chi connectivity index (χ4n) is 2.99. The second-order valence-electron chi connectivity index (χ2n) is 7.17. The summed E-state index contributed by atoms with van der Waals surface area (Å²) >= 11 is 0. The number of hydrogen-bond acceptors (Lipinski definition) is 5. The van der Waals surface area contributed by atoms with Crippen molar-refractivity contribution < 1.29 is 33.1 Å². The van der Waals surface area contributed by atoms with Crippen molar-refractivity contribution >= 4 is 17.7 Å². The van der Waals surface area contributed by atoms with Crippen LogP contribution in [0, 0.1) is 11.8 Å². The Morgan fingerprint density at radius 1 is 1.06 bits per heavy atom. The Kier molecular flexibility index (Phi) is 8.48. The van der Waals surface area contributed by atoms with E-state index in [9.17, 15) is 23.2 Å². The van der Waals surface area contributed by atoms with Gasteiger partial charge in [-0.15, -0.1) is 0 Å². The summed E-state index contributed by atoms with van der Waals surface area (Å²) in [7, 11) is 1.53. The smallest absolute Gasteiger partial charge is 0.268 e. The van der Waals surface area contributed by atoms with Gasteiger partial charge in [0, 0.05) is 18.1 Å². The number of methoxy groups -OCH3 is 1. The third-order valence-electron chi connectivity index (χ3n) is 4.74. The number of carbonyl (C=O) groups is 3. The first kappa shape index (κ1) is 25.3. The van der Waals surface area contributed by atoms with Crippen molar-refractivity contribution in [2.45, 2.75) is 31.9 Å². The van der Waals surface area contributed by atoms with Gasteiger partial charge in [0.25, 0.3) is 18.2 Å². The zero-order chi connectivity index (χ0) is 24.6. The monoisotopic (exact) mass is 459 g/mol. The molecule has 0 bridgehead atoms. The number of hydrogen-bond donors (Lipinski definition) is 4. The molecule has 33 heavy (non-hydrogen) atoms. The summed E-state index contributed by atoms with van der Waals surface area (Å²) < 4.78 is 32.7. The second-order valence-corrected chi connectivity index (χ2v) is 7.17. The molecule has 2 atom stereocenters. The van der Waals surface area contributed by atoms with Crippen LogP contribution in [0.4, 0.5) is 8.78 Å². The van der Waals surface area contributed by atoms with Crippen LogP contribution >= 0.6 is 0 Å². The first-order chi connectivity index (χ1) is 15.6. The van der Waals surface area contributed by atoms with Crippen molar-refractivity contribution in [3.8, 4) is 17.6 Å². The van der Waals surface area contributed by atoms with Crippen LogP contribution in [0.15, 0.2) is 48.5 Å². The van der Waals surface area contributed by atoms with Gasteiger partial charge in [-0.2, -0.15) is 0 Å². The van der Waals surface area contributed by atoms with E-state index >= 15 is 0 Å². The van der Waals surface area contributed by atoms with Crippen molar-refractivity contribution in [3.05, 3.63) is 65.2 Å². The van der Waals surface area contributed by atoms with Gasteiger partial charge in [-0.05, 0) is 43.3 Å². The Morgan fingerprint density at radius 2 is 1.70 bits per heavy atom. The maximum Gasteiger partial charge on any atom is 0.268 e. The maximum absolute atomic E-state index is 13.7. The first-order valence-electron chi connectivity index (χ1n) is 9.69. The molecule has 0 aromatic heterocycles. The SMILES string of the molecule is COc1ccccc1C#Cc1ccc(C(=O)N[C@H](C(=O)NO)C(C)(NC(C)=O)C(F)F)cc1. The molecule has 0 aliphatic rings. The molecule has 0 radical (unpaired) electrons. The minimum absolute atomic E-state index is 0.0491. The highest BCUT2D eigenvalue weighted by molar-refractivity contribution is 5.98. The van der Waals surface area contributed by atoms with Gasteiger partial charge in [0.2, 0.25) is 5.91 Å². The molecule has 0 aliphatic carbocycles. The number of hydroxylamine groups is 1. The number of carbonyl (C=O) groups excluding carboxylic acids is 3. The normalized spacial score (nSPS) is 13.1. The maximum atomic E-state index is 13.7. The molecule has 0 saturated carbocycles. The Morgan fingerprint density at radius 3 is 2.24 bits per heavy atom. The van der Waals surface area contributed by atoms with E-state index in [4.69, 9.17) is 9.94 Å². The molecule has 3 amide bonds. The summed E-state index contributed by atoms with van der Waals surface area (Å²) in [5.74, 6) is 3.45. The fraction of sp³-hybridized carbons (Fsp3) is 0.261. The summed E-state index contributed by atoms with van der Waals surface area (Å²) in [4.78, 5) is 36.1. The topological polar surface area (TPSA) is 117 Å². The van der Waals surface area contributed by atoms with Crippen LogP contribution in [0.3, 0.4) is 0 Å². The first-order valence-corrected chi connectivity index (χ1v) is 9.69. The van der Waals surface area contributed by atoms with Gasteiger partial charge < -0.3 is 15.4 Å². The molecule has 0 aliphatic heterocycles. The average Bonchev–Trinajstić information content (AvgIpc) is 2.80. The third-order valence-corrected chi connectivity index (χ3v) is 4.74. The predicted octanol–water partition coefficient (Wildman–Crippen LogP) is 1.86. The molecular formula is C23H23F2N3O5. The molecule has 2 aromatic carbocycles. The van der Waals surface area contributed by atoms with E-state index < -0.39 is 35.7 Å². The summed E-state index contributed by atoms with van der Waals surface area (Å²) in [6.45, 7) is 1.87. The molecule has 0 heterocycles. The van der Waals surface area contributed by atoms with Gasteiger partial charge in [-0.1, -0.05) is 24.0 Å². The van der Waals surface area contributed by atoms with Crippen LogP contribution < -0.4 is 20.9 Å². The lowest BCUT2D eigenvalue weighted by Gasteiger charge is -2.36. The van der Waals surface area contributed by atoms with Gasteiger partial charge in [0.05, 0.1) is 12.7 Å². The third kappa shape index (κ3) is 6.27. The molecule has 174 valence electrons. The summed E-state index contributed by atoms with van der Waals surface area (Å²) in [6.07, 6.45) is -3.24. The van der Waals surface area contributed by atoms with Crippen LogP contribution in [0.1, 0.15) is 35.3 Å². The molecular weight excluding hydrogens is 436 g/mol. The van der Waals surface area contributed by atoms with Gasteiger partial charge in [-0.25, -0.2) is 14.3 Å². The van der Waals surface area contributed by atoms with Crippen LogP contribution in [0.2, 0.25) is 0 Å². The van der Waals surface area contributed by atoms with Gasteiger partial charge in [-0.3, -0.25) is 19.6 Å². The molecule has 0 spiro atoms. The Balaban J connectivity index is 2.25. The van der Waals surface area contributed by atoms with Crippen molar-refractivity contribution in [3.63, 3.8) is 0 Å². The molecule has 2 aromatic rings. The van der Waals surface area contributed by atoms with E-state index in [1.165, 1.54) is 24.7 Å². The lowest BCUT2D eigenvalue weighted by Crippen LogP contribution is -2.68. The molecule has 0 fully saturated rings. The van der Waals surface area contributed by atoms with E-state index in [1.807, 2.05) is 17.4 Å².